The molecule has 2 atom stereocenters. The van der Waals surface area contributed by atoms with Gasteiger partial charge in [0.2, 0.25) is 5.91 Å². The Morgan fingerprint density at radius 1 is 1.61 bits per heavy atom. The molecule has 5 heteroatoms. The largest absolute Gasteiger partial charge is 0.354 e. The first-order valence-electron chi connectivity index (χ1n) is 6.67. The van der Waals surface area contributed by atoms with Gasteiger partial charge in [0.15, 0.2) is 0 Å². The highest BCUT2D eigenvalue weighted by molar-refractivity contribution is 5.81. The molecule has 0 aliphatic carbocycles. The van der Waals surface area contributed by atoms with Gasteiger partial charge in [-0.2, -0.15) is 0 Å². The number of nitrogens with zero attached hydrogens (tertiary/aromatic N) is 2. The zero-order chi connectivity index (χ0) is 13.0. The third-order valence-electron chi connectivity index (χ3n) is 3.50. The average molecular weight is 250 g/mol. The molecule has 1 aliphatic rings. The van der Waals surface area contributed by atoms with E-state index in [1.165, 1.54) is 0 Å². The van der Waals surface area contributed by atoms with Crippen LogP contribution in [-0.2, 0) is 18.3 Å². The number of rotatable bonds is 4. The number of hydrogen-bond donors (Lipinski definition) is 2. The highest BCUT2D eigenvalue weighted by Crippen LogP contribution is 2.12. The minimum Gasteiger partial charge on any atom is -0.354 e. The fourth-order valence-corrected chi connectivity index (χ4v) is 2.40. The predicted molar refractivity (Wildman–Crippen MR) is 70.2 cm³/mol. The topological polar surface area (TPSA) is 59.0 Å². The average Bonchev–Trinajstić information content (AvgIpc) is 2.75. The van der Waals surface area contributed by atoms with Crippen molar-refractivity contribution in [1.29, 1.82) is 0 Å². The molecule has 0 bridgehead atoms. The van der Waals surface area contributed by atoms with Crippen LogP contribution in [0.25, 0.3) is 0 Å². The molecule has 1 aliphatic heterocycles. The molecule has 1 aromatic heterocycles. The summed E-state index contributed by atoms with van der Waals surface area (Å²) in [7, 11) is 1.97. The first-order valence-corrected chi connectivity index (χ1v) is 6.67. The molecule has 0 radical (unpaired) electrons. The second-order valence-electron chi connectivity index (χ2n) is 5.05. The Labute approximate surface area is 108 Å². The highest BCUT2D eigenvalue weighted by Gasteiger charge is 2.23. The summed E-state index contributed by atoms with van der Waals surface area (Å²) in [5.74, 6) is 1.12. The van der Waals surface area contributed by atoms with Crippen LogP contribution in [0.5, 0.6) is 0 Å². The molecule has 2 unspecified atom stereocenters. The number of imidazole rings is 1. The van der Waals surface area contributed by atoms with Gasteiger partial charge in [-0.05, 0) is 26.2 Å². The number of piperidine rings is 1. The molecule has 1 aromatic rings. The minimum absolute atomic E-state index is 0.0184. The molecular weight excluding hydrogens is 228 g/mol. The normalized spacial score (nSPS) is 23.9. The van der Waals surface area contributed by atoms with Crippen molar-refractivity contribution >= 4 is 5.91 Å². The lowest BCUT2D eigenvalue weighted by molar-refractivity contribution is -0.123. The Hall–Kier alpha value is -1.36. The number of aromatic nitrogens is 2. The number of amides is 1. The third-order valence-corrected chi connectivity index (χ3v) is 3.50. The summed E-state index contributed by atoms with van der Waals surface area (Å²) < 4.78 is 1.98. The lowest BCUT2D eigenvalue weighted by Gasteiger charge is -2.27. The molecule has 0 saturated carbocycles. The minimum atomic E-state index is -0.0184. The lowest BCUT2D eigenvalue weighted by atomic mass is 9.99. The lowest BCUT2D eigenvalue weighted by Crippen LogP contribution is -2.50. The Morgan fingerprint density at radius 3 is 3.11 bits per heavy atom. The Balaban J connectivity index is 1.73. The Morgan fingerprint density at radius 2 is 2.44 bits per heavy atom. The SMILES string of the molecule is CC1CCCC(C(=O)NCCc2nccn2C)N1. The molecule has 1 saturated heterocycles. The van der Waals surface area contributed by atoms with Crippen LogP contribution in [0.1, 0.15) is 32.0 Å². The van der Waals surface area contributed by atoms with E-state index in [0.29, 0.717) is 12.6 Å². The van der Waals surface area contributed by atoms with Crippen LogP contribution in [0.15, 0.2) is 12.4 Å². The Bertz CT molecular complexity index is 401. The smallest absolute Gasteiger partial charge is 0.237 e. The van der Waals surface area contributed by atoms with Crippen LogP contribution in [0, 0.1) is 0 Å². The van der Waals surface area contributed by atoms with E-state index in [1.54, 1.807) is 6.20 Å². The van der Waals surface area contributed by atoms with E-state index < -0.39 is 0 Å². The van der Waals surface area contributed by atoms with E-state index in [-0.39, 0.29) is 11.9 Å². The molecule has 5 nitrogen and oxygen atoms in total. The number of aryl methyl sites for hydroxylation is 1. The molecular formula is C13H22N4O. The van der Waals surface area contributed by atoms with E-state index in [0.717, 1.165) is 31.5 Å². The highest BCUT2D eigenvalue weighted by atomic mass is 16.2. The van der Waals surface area contributed by atoms with Crippen LogP contribution in [0.4, 0.5) is 0 Å². The van der Waals surface area contributed by atoms with E-state index in [4.69, 9.17) is 0 Å². The van der Waals surface area contributed by atoms with Crippen LogP contribution in [0.3, 0.4) is 0 Å². The summed E-state index contributed by atoms with van der Waals surface area (Å²) in [6, 6.07) is 0.430. The molecule has 100 valence electrons. The van der Waals surface area contributed by atoms with Gasteiger partial charge in [0, 0.05) is 38.4 Å². The van der Waals surface area contributed by atoms with Crippen molar-refractivity contribution in [2.75, 3.05) is 6.54 Å². The fourth-order valence-electron chi connectivity index (χ4n) is 2.40. The summed E-state index contributed by atoms with van der Waals surface area (Å²) >= 11 is 0. The van der Waals surface area contributed by atoms with Crippen molar-refractivity contribution in [3.05, 3.63) is 18.2 Å². The first-order chi connectivity index (χ1) is 8.66. The maximum atomic E-state index is 12.0. The molecule has 0 spiro atoms. The maximum absolute atomic E-state index is 12.0. The zero-order valence-corrected chi connectivity index (χ0v) is 11.1. The molecule has 2 heterocycles. The van der Waals surface area contributed by atoms with Crippen molar-refractivity contribution in [3.8, 4) is 0 Å². The maximum Gasteiger partial charge on any atom is 0.237 e. The second kappa shape index (κ2) is 6.00. The summed E-state index contributed by atoms with van der Waals surface area (Å²) in [6.07, 6.45) is 7.71. The number of carbonyl (C=O) groups is 1. The van der Waals surface area contributed by atoms with Gasteiger partial charge in [0.05, 0.1) is 6.04 Å². The summed E-state index contributed by atoms with van der Waals surface area (Å²) in [4.78, 5) is 16.2. The predicted octanol–water partition coefficient (Wildman–Crippen LogP) is 0.609. The van der Waals surface area contributed by atoms with Crippen molar-refractivity contribution in [2.24, 2.45) is 7.05 Å². The second-order valence-corrected chi connectivity index (χ2v) is 5.05. The molecule has 1 fully saturated rings. The molecule has 1 amide bonds. The van der Waals surface area contributed by atoms with Crippen LogP contribution >= 0.6 is 0 Å². The van der Waals surface area contributed by atoms with Crippen LogP contribution in [0.2, 0.25) is 0 Å². The van der Waals surface area contributed by atoms with Crippen LogP contribution in [-0.4, -0.2) is 34.1 Å². The van der Waals surface area contributed by atoms with Gasteiger partial charge in [-0.3, -0.25) is 4.79 Å². The quantitative estimate of drug-likeness (QED) is 0.823. The molecule has 0 aromatic carbocycles. The number of carbonyl (C=O) groups excluding carboxylic acids is 1. The Kier molecular flexibility index (Phi) is 4.36. The van der Waals surface area contributed by atoms with Crippen molar-refractivity contribution in [3.63, 3.8) is 0 Å². The van der Waals surface area contributed by atoms with Gasteiger partial charge in [-0.1, -0.05) is 0 Å². The van der Waals surface area contributed by atoms with Gasteiger partial charge in [-0.25, -0.2) is 4.98 Å². The molecule has 18 heavy (non-hydrogen) atoms. The summed E-state index contributed by atoms with van der Waals surface area (Å²) in [5, 5.41) is 6.32. The number of hydrogen-bond acceptors (Lipinski definition) is 3. The van der Waals surface area contributed by atoms with Gasteiger partial charge in [-0.15, -0.1) is 0 Å². The van der Waals surface area contributed by atoms with Gasteiger partial charge in [0.25, 0.3) is 0 Å². The fraction of sp³-hybridized carbons (Fsp3) is 0.692. The third kappa shape index (κ3) is 3.32. The van der Waals surface area contributed by atoms with Gasteiger partial charge < -0.3 is 15.2 Å². The number of nitrogens with one attached hydrogen (secondary N) is 2. The van der Waals surface area contributed by atoms with E-state index >= 15 is 0 Å². The van der Waals surface area contributed by atoms with Gasteiger partial charge >= 0.3 is 0 Å². The monoisotopic (exact) mass is 250 g/mol. The van der Waals surface area contributed by atoms with E-state index in [1.807, 2.05) is 17.8 Å². The van der Waals surface area contributed by atoms with Crippen molar-refractivity contribution in [1.82, 2.24) is 20.2 Å². The molecule has 2 N–H and O–H groups in total. The molecule has 2 rings (SSSR count). The van der Waals surface area contributed by atoms with E-state index in [2.05, 4.69) is 22.5 Å². The van der Waals surface area contributed by atoms with Crippen LogP contribution < -0.4 is 10.6 Å². The van der Waals surface area contributed by atoms with E-state index in [9.17, 15) is 4.79 Å². The zero-order valence-electron chi connectivity index (χ0n) is 11.1. The van der Waals surface area contributed by atoms with Crippen molar-refractivity contribution in [2.45, 2.75) is 44.7 Å². The van der Waals surface area contributed by atoms with Gasteiger partial charge in [0.1, 0.15) is 5.82 Å². The summed E-state index contributed by atoms with van der Waals surface area (Å²) in [5.41, 5.74) is 0. The summed E-state index contributed by atoms with van der Waals surface area (Å²) in [6.45, 7) is 2.78. The van der Waals surface area contributed by atoms with Crippen molar-refractivity contribution < 1.29 is 4.79 Å². The first kappa shape index (κ1) is 13.1. The standard InChI is InChI=1S/C13H22N4O/c1-10-4-3-5-11(16-10)13(18)15-7-6-12-14-8-9-17(12)2/h8-11,16H,3-7H2,1-2H3,(H,15,18).